The number of aromatic nitrogens is 2. The van der Waals surface area contributed by atoms with Gasteiger partial charge in [0, 0.05) is 30.6 Å². The lowest BCUT2D eigenvalue weighted by Gasteiger charge is -2.06. The van der Waals surface area contributed by atoms with Gasteiger partial charge in [-0.15, -0.1) is 0 Å². The molecule has 2 aromatic heterocycles. The van der Waals surface area contributed by atoms with Crippen molar-refractivity contribution < 1.29 is 4.39 Å². The second-order valence-corrected chi connectivity index (χ2v) is 5.55. The molecule has 0 fully saturated rings. The smallest absolute Gasteiger partial charge is 0.129 e. The van der Waals surface area contributed by atoms with Crippen LogP contribution in [0.4, 0.5) is 4.39 Å². The Labute approximate surface area is 135 Å². The van der Waals surface area contributed by atoms with Gasteiger partial charge in [0.25, 0.3) is 0 Å². The summed E-state index contributed by atoms with van der Waals surface area (Å²) in [7, 11) is 1.82. The maximum atomic E-state index is 13.2. The van der Waals surface area contributed by atoms with Crippen molar-refractivity contribution in [2.75, 3.05) is 0 Å². The number of nitrogens with zero attached hydrogens (tertiary/aromatic N) is 3. The molecule has 0 aliphatic heterocycles. The number of benzene rings is 1. The first-order chi connectivity index (χ1) is 10.6. The summed E-state index contributed by atoms with van der Waals surface area (Å²) in [5, 5.41) is 9.52. The summed E-state index contributed by atoms with van der Waals surface area (Å²) in [5.74, 6) is -0.303. The zero-order valence-electron chi connectivity index (χ0n) is 11.7. The molecule has 3 rings (SSSR count). The Bertz CT molecular complexity index is 862. The van der Waals surface area contributed by atoms with Crippen molar-refractivity contribution in [1.29, 1.82) is 5.26 Å². The molecule has 0 amide bonds. The molecule has 5 heteroatoms. The normalized spacial score (nSPS) is 10.5. The number of rotatable bonds is 2. The molecule has 0 unspecified atom stereocenters. The Kier molecular flexibility index (Phi) is 3.78. The average Bonchev–Trinajstić information content (AvgIpc) is 2.80. The minimum absolute atomic E-state index is 0.303. The third-order valence-corrected chi connectivity index (χ3v) is 4.46. The molecule has 0 spiro atoms. The van der Waals surface area contributed by atoms with Gasteiger partial charge in [-0.05, 0) is 51.3 Å². The highest BCUT2D eigenvalue weighted by atomic mass is 79.9. The summed E-state index contributed by atoms with van der Waals surface area (Å²) in [6.45, 7) is 0. The zero-order valence-corrected chi connectivity index (χ0v) is 13.3. The van der Waals surface area contributed by atoms with Crippen LogP contribution < -0.4 is 0 Å². The minimum atomic E-state index is -0.303. The highest BCUT2D eigenvalue weighted by molar-refractivity contribution is 9.10. The molecule has 0 atom stereocenters. The number of nitriles is 1. The second-order valence-electron chi connectivity index (χ2n) is 4.80. The fraction of sp³-hybridized carbons (Fsp3) is 0.0588. The van der Waals surface area contributed by atoms with Gasteiger partial charge in [-0.2, -0.15) is 5.26 Å². The van der Waals surface area contributed by atoms with Gasteiger partial charge in [0.1, 0.15) is 17.6 Å². The molecule has 3 aromatic rings. The molecule has 108 valence electrons. The summed E-state index contributed by atoms with van der Waals surface area (Å²) < 4.78 is 15.8. The van der Waals surface area contributed by atoms with E-state index in [9.17, 15) is 9.65 Å². The molecule has 0 aliphatic carbocycles. The highest BCUT2D eigenvalue weighted by Crippen LogP contribution is 2.41. The monoisotopic (exact) mass is 355 g/mol. The fourth-order valence-electron chi connectivity index (χ4n) is 2.47. The van der Waals surface area contributed by atoms with E-state index in [1.54, 1.807) is 29.1 Å². The standard InChI is InChI=1S/C17H11BrFN3/c1-22-14(10-20)15(11-2-4-13(19)5-3-11)16(17(22)18)12-6-8-21-9-7-12/h2-9H,1H3. The molecule has 0 N–H and O–H groups in total. The van der Waals surface area contributed by atoms with Crippen molar-refractivity contribution in [1.82, 2.24) is 9.55 Å². The molecule has 0 saturated carbocycles. The molecular weight excluding hydrogens is 345 g/mol. The largest absolute Gasteiger partial charge is 0.329 e. The van der Waals surface area contributed by atoms with E-state index in [2.05, 4.69) is 27.0 Å². The van der Waals surface area contributed by atoms with Crippen LogP contribution in [0.5, 0.6) is 0 Å². The van der Waals surface area contributed by atoms with E-state index in [1.807, 2.05) is 19.2 Å². The number of hydrogen-bond acceptors (Lipinski definition) is 2. The summed E-state index contributed by atoms with van der Waals surface area (Å²) >= 11 is 3.56. The van der Waals surface area contributed by atoms with Gasteiger partial charge < -0.3 is 4.57 Å². The van der Waals surface area contributed by atoms with Crippen molar-refractivity contribution in [2.24, 2.45) is 7.05 Å². The summed E-state index contributed by atoms with van der Waals surface area (Å²) in [5.41, 5.74) is 3.94. The quantitative estimate of drug-likeness (QED) is 0.677. The predicted molar refractivity (Wildman–Crippen MR) is 86.5 cm³/mol. The minimum Gasteiger partial charge on any atom is -0.329 e. The van der Waals surface area contributed by atoms with Crippen LogP contribution >= 0.6 is 15.9 Å². The molecule has 0 radical (unpaired) electrons. The molecule has 22 heavy (non-hydrogen) atoms. The van der Waals surface area contributed by atoms with Crippen LogP contribution in [0.2, 0.25) is 0 Å². The van der Waals surface area contributed by atoms with Crippen LogP contribution in [0.15, 0.2) is 53.4 Å². The van der Waals surface area contributed by atoms with Gasteiger partial charge in [-0.25, -0.2) is 4.39 Å². The SMILES string of the molecule is Cn1c(Br)c(-c2ccncc2)c(-c2ccc(F)cc2)c1C#N. The Morgan fingerprint density at radius 2 is 1.64 bits per heavy atom. The van der Waals surface area contributed by atoms with Crippen LogP contribution in [-0.4, -0.2) is 9.55 Å². The van der Waals surface area contributed by atoms with E-state index in [1.165, 1.54) is 12.1 Å². The van der Waals surface area contributed by atoms with Gasteiger partial charge in [-0.3, -0.25) is 4.98 Å². The summed E-state index contributed by atoms with van der Waals surface area (Å²) in [6, 6.07) is 12.2. The van der Waals surface area contributed by atoms with Crippen molar-refractivity contribution >= 4 is 15.9 Å². The van der Waals surface area contributed by atoms with Crippen molar-refractivity contribution in [2.45, 2.75) is 0 Å². The highest BCUT2D eigenvalue weighted by Gasteiger charge is 2.22. The van der Waals surface area contributed by atoms with Gasteiger partial charge in [0.15, 0.2) is 0 Å². The van der Waals surface area contributed by atoms with Gasteiger partial charge in [-0.1, -0.05) is 12.1 Å². The van der Waals surface area contributed by atoms with Crippen molar-refractivity contribution in [3.05, 3.63) is 64.9 Å². The topological polar surface area (TPSA) is 41.6 Å². The Balaban J connectivity index is 2.35. The molecular formula is C17H11BrFN3. The van der Waals surface area contributed by atoms with E-state index in [0.29, 0.717) is 5.69 Å². The van der Waals surface area contributed by atoms with Gasteiger partial charge in [0.2, 0.25) is 0 Å². The average molecular weight is 356 g/mol. The van der Waals surface area contributed by atoms with Crippen LogP contribution in [0.1, 0.15) is 5.69 Å². The Morgan fingerprint density at radius 1 is 1.05 bits per heavy atom. The molecule has 0 saturated heterocycles. The second kappa shape index (κ2) is 5.74. The molecule has 2 heterocycles. The van der Waals surface area contributed by atoms with E-state index < -0.39 is 0 Å². The third-order valence-electron chi connectivity index (χ3n) is 3.53. The van der Waals surface area contributed by atoms with Crippen LogP contribution in [0.3, 0.4) is 0 Å². The molecule has 0 aliphatic rings. The van der Waals surface area contributed by atoms with E-state index >= 15 is 0 Å². The third kappa shape index (κ3) is 2.32. The van der Waals surface area contributed by atoms with Gasteiger partial charge in [0.05, 0.1) is 4.60 Å². The first-order valence-corrected chi connectivity index (χ1v) is 7.37. The number of hydrogen-bond donors (Lipinski definition) is 0. The van der Waals surface area contributed by atoms with Crippen LogP contribution in [-0.2, 0) is 7.05 Å². The van der Waals surface area contributed by atoms with E-state index in [0.717, 1.165) is 26.9 Å². The lowest BCUT2D eigenvalue weighted by atomic mass is 9.97. The maximum Gasteiger partial charge on any atom is 0.129 e. The Morgan fingerprint density at radius 3 is 2.23 bits per heavy atom. The van der Waals surface area contributed by atoms with Gasteiger partial charge >= 0.3 is 0 Å². The van der Waals surface area contributed by atoms with E-state index in [-0.39, 0.29) is 5.82 Å². The molecule has 3 nitrogen and oxygen atoms in total. The lowest BCUT2D eigenvalue weighted by Crippen LogP contribution is -1.92. The molecule has 1 aromatic carbocycles. The molecule has 0 bridgehead atoms. The fourth-order valence-corrected chi connectivity index (χ4v) is 3.07. The van der Waals surface area contributed by atoms with Crippen LogP contribution in [0.25, 0.3) is 22.3 Å². The first-order valence-electron chi connectivity index (χ1n) is 6.58. The van der Waals surface area contributed by atoms with Crippen LogP contribution in [0, 0.1) is 17.1 Å². The summed E-state index contributed by atoms with van der Waals surface area (Å²) in [6.07, 6.45) is 3.41. The first kappa shape index (κ1) is 14.5. The number of halogens is 2. The van der Waals surface area contributed by atoms with Crippen molar-refractivity contribution in [3.63, 3.8) is 0 Å². The number of pyridine rings is 1. The van der Waals surface area contributed by atoms with Crippen molar-refractivity contribution in [3.8, 4) is 28.3 Å². The predicted octanol–water partition coefficient (Wildman–Crippen LogP) is 4.53. The summed E-state index contributed by atoms with van der Waals surface area (Å²) in [4.78, 5) is 4.03. The zero-order chi connectivity index (χ0) is 15.7. The Hall–Kier alpha value is -2.45. The maximum absolute atomic E-state index is 13.2. The lowest BCUT2D eigenvalue weighted by molar-refractivity contribution is 0.628. The van der Waals surface area contributed by atoms with E-state index in [4.69, 9.17) is 0 Å².